The number of aromatic nitrogens is 1. The largest absolute Gasteiger partial charge is 0.491 e. The lowest BCUT2D eigenvalue weighted by Gasteiger charge is -2.15. The van der Waals surface area contributed by atoms with Crippen LogP contribution in [0.2, 0.25) is 0 Å². The lowest BCUT2D eigenvalue weighted by molar-refractivity contribution is 0.174. The van der Waals surface area contributed by atoms with Crippen molar-refractivity contribution in [1.29, 1.82) is 0 Å². The third kappa shape index (κ3) is 3.44. The molecule has 0 fully saturated rings. The lowest BCUT2D eigenvalue weighted by atomic mass is 10.1. The molecule has 1 atom stereocenters. The minimum Gasteiger partial charge on any atom is -0.491 e. The number of pyridine rings is 1. The number of nitrogens with one attached hydrogen (secondary N) is 1. The molecule has 0 aliphatic carbocycles. The molecule has 1 aliphatic heterocycles. The van der Waals surface area contributed by atoms with Gasteiger partial charge in [0.1, 0.15) is 12.4 Å². The maximum atomic E-state index is 5.60. The van der Waals surface area contributed by atoms with Gasteiger partial charge in [-0.3, -0.25) is 4.98 Å². The minimum absolute atomic E-state index is 0.219. The molecule has 5 nitrogen and oxygen atoms in total. The SMILES string of the molecule is CC(NCCOc1cccnc1)c1ccc2c(c1)OCO2. The lowest BCUT2D eigenvalue weighted by Crippen LogP contribution is -2.24. The summed E-state index contributed by atoms with van der Waals surface area (Å²) in [6, 6.07) is 9.99. The maximum absolute atomic E-state index is 5.60. The van der Waals surface area contributed by atoms with Gasteiger partial charge in [-0.2, -0.15) is 0 Å². The van der Waals surface area contributed by atoms with E-state index in [0.717, 1.165) is 23.8 Å². The number of rotatable bonds is 6. The topological polar surface area (TPSA) is 52.6 Å². The Labute approximate surface area is 123 Å². The van der Waals surface area contributed by atoms with Crippen molar-refractivity contribution in [1.82, 2.24) is 10.3 Å². The summed E-state index contributed by atoms with van der Waals surface area (Å²) in [7, 11) is 0. The second-order valence-electron chi connectivity index (χ2n) is 4.83. The van der Waals surface area contributed by atoms with Crippen LogP contribution < -0.4 is 19.5 Å². The van der Waals surface area contributed by atoms with Crippen LogP contribution in [-0.4, -0.2) is 24.9 Å². The molecule has 21 heavy (non-hydrogen) atoms. The average Bonchev–Trinajstić information content (AvgIpc) is 3.00. The number of hydrogen-bond donors (Lipinski definition) is 1. The van der Waals surface area contributed by atoms with Gasteiger partial charge in [0.25, 0.3) is 0 Å². The van der Waals surface area contributed by atoms with Crippen molar-refractivity contribution in [3.8, 4) is 17.2 Å². The van der Waals surface area contributed by atoms with E-state index in [9.17, 15) is 0 Å². The zero-order chi connectivity index (χ0) is 14.5. The maximum Gasteiger partial charge on any atom is 0.231 e. The van der Waals surface area contributed by atoms with Crippen molar-refractivity contribution in [3.05, 3.63) is 48.3 Å². The minimum atomic E-state index is 0.219. The fourth-order valence-corrected chi connectivity index (χ4v) is 2.18. The highest BCUT2D eigenvalue weighted by atomic mass is 16.7. The molecule has 2 heterocycles. The molecule has 0 bridgehead atoms. The second-order valence-corrected chi connectivity index (χ2v) is 4.83. The molecule has 0 amide bonds. The zero-order valence-electron chi connectivity index (χ0n) is 11.9. The molecule has 1 aromatic heterocycles. The summed E-state index contributed by atoms with van der Waals surface area (Å²) in [5.74, 6) is 2.41. The van der Waals surface area contributed by atoms with E-state index in [4.69, 9.17) is 14.2 Å². The monoisotopic (exact) mass is 286 g/mol. The Hall–Kier alpha value is -2.27. The number of fused-ring (bicyclic) bond motifs is 1. The van der Waals surface area contributed by atoms with Gasteiger partial charge in [0, 0.05) is 18.8 Å². The van der Waals surface area contributed by atoms with Gasteiger partial charge in [-0.15, -0.1) is 0 Å². The van der Waals surface area contributed by atoms with Gasteiger partial charge in [0.05, 0.1) is 6.20 Å². The Bertz CT molecular complexity index is 589. The van der Waals surface area contributed by atoms with Gasteiger partial charge < -0.3 is 19.5 Å². The highest BCUT2D eigenvalue weighted by molar-refractivity contribution is 5.45. The van der Waals surface area contributed by atoms with Crippen LogP contribution in [0.3, 0.4) is 0 Å². The molecule has 2 aromatic rings. The first-order chi connectivity index (χ1) is 10.3. The number of nitrogens with zero attached hydrogens (tertiary/aromatic N) is 1. The van der Waals surface area contributed by atoms with Gasteiger partial charge in [-0.1, -0.05) is 6.07 Å². The van der Waals surface area contributed by atoms with E-state index in [2.05, 4.69) is 17.2 Å². The van der Waals surface area contributed by atoms with Gasteiger partial charge >= 0.3 is 0 Å². The summed E-state index contributed by atoms with van der Waals surface area (Å²) in [5.41, 5.74) is 1.17. The van der Waals surface area contributed by atoms with Crippen LogP contribution in [0, 0.1) is 0 Å². The standard InChI is InChI=1S/C16H18N2O3/c1-12(13-4-5-15-16(9-13)21-11-20-15)18-7-8-19-14-3-2-6-17-10-14/h2-6,9-10,12,18H,7-8,11H2,1H3. The van der Waals surface area contributed by atoms with Crippen molar-refractivity contribution in [3.63, 3.8) is 0 Å². The first-order valence-electron chi connectivity index (χ1n) is 6.99. The average molecular weight is 286 g/mol. The molecule has 0 radical (unpaired) electrons. The molecule has 0 saturated carbocycles. The normalized spacial score (nSPS) is 14.0. The number of benzene rings is 1. The molecule has 1 unspecified atom stereocenters. The summed E-state index contributed by atoms with van der Waals surface area (Å²) in [6.07, 6.45) is 3.44. The molecule has 1 aliphatic rings. The first kappa shape index (κ1) is 13.7. The van der Waals surface area contributed by atoms with E-state index in [1.807, 2.05) is 30.3 Å². The highest BCUT2D eigenvalue weighted by Crippen LogP contribution is 2.34. The smallest absolute Gasteiger partial charge is 0.231 e. The fraction of sp³-hybridized carbons (Fsp3) is 0.312. The summed E-state index contributed by atoms with van der Waals surface area (Å²) in [4.78, 5) is 4.01. The summed E-state index contributed by atoms with van der Waals surface area (Å²) in [5, 5.41) is 3.42. The molecular weight excluding hydrogens is 268 g/mol. The first-order valence-corrected chi connectivity index (χ1v) is 6.99. The molecule has 5 heteroatoms. The Morgan fingerprint density at radius 1 is 1.29 bits per heavy atom. The summed E-state index contributed by atoms with van der Waals surface area (Å²) in [6.45, 7) is 3.77. The highest BCUT2D eigenvalue weighted by Gasteiger charge is 2.15. The zero-order valence-corrected chi connectivity index (χ0v) is 11.9. The third-order valence-electron chi connectivity index (χ3n) is 3.35. The van der Waals surface area contributed by atoms with E-state index in [-0.39, 0.29) is 6.04 Å². The van der Waals surface area contributed by atoms with Gasteiger partial charge in [-0.05, 0) is 36.8 Å². The van der Waals surface area contributed by atoms with E-state index in [1.165, 1.54) is 5.56 Å². The molecule has 0 spiro atoms. The van der Waals surface area contributed by atoms with Gasteiger partial charge in [-0.25, -0.2) is 0 Å². The molecule has 3 rings (SSSR count). The Morgan fingerprint density at radius 3 is 3.05 bits per heavy atom. The molecule has 1 aromatic carbocycles. The Kier molecular flexibility index (Phi) is 4.21. The van der Waals surface area contributed by atoms with Gasteiger partial charge in [0.2, 0.25) is 6.79 Å². The van der Waals surface area contributed by atoms with Crippen molar-refractivity contribution in [2.75, 3.05) is 19.9 Å². The second kappa shape index (κ2) is 6.45. The molecule has 0 saturated heterocycles. The summed E-state index contributed by atoms with van der Waals surface area (Å²) >= 11 is 0. The van der Waals surface area contributed by atoms with Crippen LogP contribution in [0.5, 0.6) is 17.2 Å². The predicted octanol–water partition coefficient (Wildman–Crippen LogP) is 2.54. The van der Waals surface area contributed by atoms with Crippen LogP contribution in [0.15, 0.2) is 42.7 Å². The Balaban J connectivity index is 1.47. The van der Waals surface area contributed by atoms with E-state index in [0.29, 0.717) is 13.4 Å². The van der Waals surface area contributed by atoms with Crippen LogP contribution in [0.4, 0.5) is 0 Å². The number of hydrogen-bond acceptors (Lipinski definition) is 5. The van der Waals surface area contributed by atoms with Crippen molar-refractivity contribution >= 4 is 0 Å². The third-order valence-corrected chi connectivity index (χ3v) is 3.35. The van der Waals surface area contributed by atoms with Crippen molar-refractivity contribution < 1.29 is 14.2 Å². The molecular formula is C16H18N2O3. The van der Waals surface area contributed by atoms with Crippen molar-refractivity contribution in [2.45, 2.75) is 13.0 Å². The quantitative estimate of drug-likeness (QED) is 0.827. The predicted molar refractivity (Wildman–Crippen MR) is 78.7 cm³/mol. The van der Waals surface area contributed by atoms with Crippen LogP contribution >= 0.6 is 0 Å². The van der Waals surface area contributed by atoms with E-state index >= 15 is 0 Å². The Morgan fingerprint density at radius 2 is 2.19 bits per heavy atom. The number of ether oxygens (including phenoxy) is 3. The molecule has 1 N–H and O–H groups in total. The van der Waals surface area contributed by atoms with E-state index in [1.54, 1.807) is 12.4 Å². The summed E-state index contributed by atoms with van der Waals surface area (Å²) < 4.78 is 16.3. The van der Waals surface area contributed by atoms with E-state index < -0.39 is 0 Å². The van der Waals surface area contributed by atoms with Crippen LogP contribution in [0.1, 0.15) is 18.5 Å². The van der Waals surface area contributed by atoms with Gasteiger partial charge in [0.15, 0.2) is 11.5 Å². The fourth-order valence-electron chi connectivity index (χ4n) is 2.18. The van der Waals surface area contributed by atoms with Crippen LogP contribution in [0.25, 0.3) is 0 Å². The van der Waals surface area contributed by atoms with Crippen LogP contribution in [-0.2, 0) is 0 Å². The molecule has 110 valence electrons. The van der Waals surface area contributed by atoms with Crippen molar-refractivity contribution in [2.24, 2.45) is 0 Å².